The van der Waals surface area contributed by atoms with E-state index in [0.717, 1.165) is 21.5 Å². The smallest absolute Gasteiger partial charge is 0.148 e. The molecule has 0 unspecified atom stereocenters. The van der Waals surface area contributed by atoms with Crippen molar-refractivity contribution in [3.8, 4) is 0 Å². The average molecular weight is 336 g/mol. The molecule has 2 aromatic rings. The molecular formula is C14H18BrN5. The van der Waals surface area contributed by atoms with Crippen LogP contribution in [0.4, 0.5) is 17.3 Å². The summed E-state index contributed by atoms with van der Waals surface area (Å²) < 4.78 is 0.985. The van der Waals surface area contributed by atoms with Crippen LogP contribution < -0.4 is 16.6 Å². The molecule has 0 saturated carbocycles. The number of benzene rings is 1. The highest BCUT2D eigenvalue weighted by molar-refractivity contribution is 9.10. The summed E-state index contributed by atoms with van der Waals surface area (Å²) in [5.74, 6) is 7.17. The Morgan fingerprint density at radius 2 is 1.90 bits per heavy atom. The Balaban J connectivity index is 2.45. The topological polar surface area (TPSA) is 75.9 Å². The van der Waals surface area contributed by atoms with E-state index in [-0.39, 0.29) is 5.92 Å². The van der Waals surface area contributed by atoms with Crippen molar-refractivity contribution in [3.05, 3.63) is 40.1 Å². The first-order valence-corrected chi connectivity index (χ1v) is 7.17. The zero-order valence-corrected chi connectivity index (χ0v) is 13.3. The summed E-state index contributed by atoms with van der Waals surface area (Å²) in [5, 5.41) is 3.34. The van der Waals surface area contributed by atoms with E-state index >= 15 is 0 Å². The molecule has 0 aliphatic rings. The van der Waals surface area contributed by atoms with Crippen LogP contribution in [-0.4, -0.2) is 9.97 Å². The lowest BCUT2D eigenvalue weighted by Gasteiger charge is -2.17. The van der Waals surface area contributed by atoms with Crippen LogP contribution in [0.5, 0.6) is 0 Å². The molecular weight excluding hydrogens is 318 g/mol. The maximum Gasteiger partial charge on any atom is 0.148 e. The molecule has 5 nitrogen and oxygen atoms in total. The van der Waals surface area contributed by atoms with Crippen molar-refractivity contribution in [2.75, 3.05) is 10.7 Å². The summed E-state index contributed by atoms with van der Waals surface area (Å²) in [6.45, 7) is 6.21. The quantitative estimate of drug-likeness (QED) is 0.586. The number of rotatable bonds is 4. The Morgan fingerprint density at radius 3 is 2.55 bits per heavy atom. The molecule has 1 aromatic carbocycles. The number of hydrazine groups is 1. The molecule has 2 rings (SSSR count). The maximum absolute atomic E-state index is 5.53. The Morgan fingerprint density at radius 1 is 1.20 bits per heavy atom. The molecule has 0 spiro atoms. The molecule has 1 heterocycles. The number of hydrogen-bond donors (Lipinski definition) is 3. The highest BCUT2D eigenvalue weighted by Crippen LogP contribution is 2.32. The minimum absolute atomic E-state index is 0.244. The van der Waals surface area contributed by atoms with Gasteiger partial charge in [-0.25, -0.2) is 15.8 Å². The van der Waals surface area contributed by atoms with Crippen molar-refractivity contribution >= 4 is 33.3 Å². The predicted molar refractivity (Wildman–Crippen MR) is 86.1 cm³/mol. The van der Waals surface area contributed by atoms with Crippen LogP contribution in [0.15, 0.2) is 29.0 Å². The van der Waals surface area contributed by atoms with E-state index in [1.807, 2.05) is 19.1 Å². The number of nitrogen functional groups attached to an aromatic ring is 1. The molecule has 0 fully saturated rings. The molecule has 1 aromatic heterocycles. The second-order valence-corrected chi connectivity index (χ2v) is 5.75. The van der Waals surface area contributed by atoms with Crippen LogP contribution in [0, 0.1) is 6.92 Å². The Labute approximate surface area is 127 Å². The third-order valence-corrected chi connectivity index (χ3v) is 3.66. The summed E-state index contributed by atoms with van der Waals surface area (Å²) >= 11 is 3.54. The van der Waals surface area contributed by atoms with Gasteiger partial charge in [0, 0.05) is 10.0 Å². The van der Waals surface area contributed by atoms with Gasteiger partial charge >= 0.3 is 0 Å². The number of nitrogens with one attached hydrogen (secondary N) is 2. The Kier molecular flexibility index (Phi) is 4.57. The normalized spacial score (nSPS) is 10.7. The molecule has 0 aliphatic carbocycles. The number of halogens is 1. The summed E-state index contributed by atoms with van der Waals surface area (Å²) in [6, 6.07) is 6.12. The van der Waals surface area contributed by atoms with Crippen LogP contribution in [0.3, 0.4) is 0 Å². The lowest BCUT2D eigenvalue weighted by Crippen LogP contribution is -2.14. The second kappa shape index (κ2) is 6.19. The molecule has 0 radical (unpaired) electrons. The van der Waals surface area contributed by atoms with Crippen LogP contribution in [0.2, 0.25) is 0 Å². The minimum Gasteiger partial charge on any atom is -0.339 e. The fraction of sp³-hybridized carbons (Fsp3) is 0.286. The van der Waals surface area contributed by atoms with Crippen molar-refractivity contribution < 1.29 is 0 Å². The zero-order chi connectivity index (χ0) is 14.7. The Bertz CT molecular complexity index is 613. The standard InChI is InChI=1S/C14H18BrN5/c1-8(2)12-13(17-7-18-14(12)20-16)19-11-6-9(3)4-5-10(11)15/h4-8H,16H2,1-3H3,(H2,17,18,19,20). The van der Waals surface area contributed by atoms with Crippen LogP contribution >= 0.6 is 15.9 Å². The molecule has 0 aliphatic heterocycles. The van der Waals surface area contributed by atoms with Gasteiger partial charge < -0.3 is 10.7 Å². The molecule has 4 N–H and O–H groups in total. The summed E-state index contributed by atoms with van der Waals surface area (Å²) in [4.78, 5) is 8.50. The van der Waals surface area contributed by atoms with Crippen molar-refractivity contribution in [3.63, 3.8) is 0 Å². The van der Waals surface area contributed by atoms with Gasteiger partial charge in [0.25, 0.3) is 0 Å². The number of anilines is 3. The van der Waals surface area contributed by atoms with E-state index in [1.54, 1.807) is 0 Å². The van der Waals surface area contributed by atoms with E-state index in [9.17, 15) is 0 Å². The highest BCUT2D eigenvalue weighted by atomic mass is 79.9. The van der Waals surface area contributed by atoms with Crippen LogP contribution in [0.1, 0.15) is 30.9 Å². The highest BCUT2D eigenvalue weighted by Gasteiger charge is 2.15. The minimum atomic E-state index is 0.244. The lowest BCUT2D eigenvalue weighted by atomic mass is 10.0. The fourth-order valence-corrected chi connectivity index (χ4v) is 2.37. The van der Waals surface area contributed by atoms with Gasteiger partial charge in [-0.3, -0.25) is 0 Å². The maximum atomic E-state index is 5.53. The second-order valence-electron chi connectivity index (χ2n) is 4.89. The molecule has 6 heteroatoms. The van der Waals surface area contributed by atoms with Crippen molar-refractivity contribution in [1.82, 2.24) is 9.97 Å². The molecule has 0 atom stereocenters. The van der Waals surface area contributed by atoms with Gasteiger partial charge in [-0.2, -0.15) is 0 Å². The number of nitrogens with zero attached hydrogens (tertiary/aromatic N) is 2. The SMILES string of the molecule is Cc1ccc(Br)c(Nc2ncnc(NN)c2C(C)C)c1. The summed E-state index contributed by atoms with van der Waals surface area (Å²) in [7, 11) is 0. The van der Waals surface area contributed by atoms with Crippen LogP contribution in [-0.2, 0) is 0 Å². The Hall–Kier alpha value is -1.66. The van der Waals surface area contributed by atoms with E-state index in [0.29, 0.717) is 5.82 Å². The van der Waals surface area contributed by atoms with Gasteiger partial charge in [0.05, 0.1) is 5.69 Å². The van der Waals surface area contributed by atoms with E-state index < -0.39 is 0 Å². The van der Waals surface area contributed by atoms with Gasteiger partial charge in [-0.1, -0.05) is 19.9 Å². The van der Waals surface area contributed by atoms with Gasteiger partial charge in [-0.05, 0) is 46.5 Å². The lowest BCUT2D eigenvalue weighted by molar-refractivity contribution is 0.850. The van der Waals surface area contributed by atoms with Gasteiger partial charge in [0.15, 0.2) is 0 Å². The largest absolute Gasteiger partial charge is 0.339 e. The average Bonchev–Trinajstić information content (AvgIpc) is 2.42. The summed E-state index contributed by atoms with van der Waals surface area (Å²) in [6.07, 6.45) is 1.49. The monoisotopic (exact) mass is 335 g/mol. The van der Waals surface area contributed by atoms with Crippen molar-refractivity contribution in [2.24, 2.45) is 5.84 Å². The number of aryl methyl sites for hydroxylation is 1. The summed E-state index contributed by atoms with van der Waals surface area (Å²) in [5.41, 5.74) is 5.73. The molecule has 0 amide bonds. The third kappa shape index (κ3) is 3.08. The number of nitrogens with two attached hydrogens (primary N) is 1. The van der Waals surface area contributed by atoms with Crippen LogP contribution in [0.25, 0.3) is 0 Å². The first kappa shape index (κ1) is 14.7. The number of hydrogen-bond acceptors (Lipinski definition) is 5. The van der Waals surface area contributed by atoms with Crippen molar-refractivity contribution in [2.45, 2.75) is 26.7 Å². The third-order valence-electron chi connectivity index (χ3n) is 2.97. The molecule has 0 saturated heterocycles. The zero-order valence-electron chi connectivity index (χ0n) is 11.7. The van der Waals surface area contributed by atoms with Gasteiger partial charge in [0.1, 0.15) is 18.0 Å². The molecule has 20 heavy (non-hydrogen) atoms. The van der Waals surface area contributed by atoms with Gasteiger partial charge in [0.2, 0.25) is 0 Å². The van der Waals surface area contributed by atoms with E-state index in [2.05, 4.69) is 56.6 Å². The first-order valence-electron chi connectivity index (χ1n) is 6.37. The number of aromatic nitrogens is 2. The first-order chi connectivity index (χ1) is 9.52. The predicted octanol–water partition coefficient (Wildman–Crippen LogP) is 3.70. The molecule has 0 bridgehead atoms. The van der Waals surface area contributed by atoms with E-state index in [4.69, 9.17) is 5.84 Å². The van der Waals surface area contributed by atoms with Crippen molar-refractivity contribution in [1.29, 1.82) is 0 Å². The molecule has 106 valence electrons. The van der Waals surface area contributed by atoms with Gasteiger partial charge in [-0.15, -0.1) is 0 Å². The fourth-order valence-electron chi connectivity index (χ4n) is 2.02. The van der Waals surface area contributed by atoms with E-state index in [1.165, 1.54) is 11.9 Å².